The van der Waals surface area contributed by atoms with E-state index in [2.05, 4.69) is 16.0 Å². The summed E-state index contributed by atoms with van der Waals surface area (Å²) in [6, 6.07) is 9.18. The van der Waals surface area contributed by atoms with Gasteiger partial charge in [-0.05, 0) is 47.7 Å². The maximum atomic E-state index is 13.3. The molecule has 2 rings (SSSR count). The largest absolute Gasteiger partial charge is 0.508 e. The number of hydrogen-bond acceptors (Lipinski definition) is 7. The van der Waals surface area contributed by atoms with Crippen molar-refractivity contribution in [2.45, 2.75) is 51.2 Å². The third-order valence-corrected chi connectivity index (χ3v) is 5.94. The Hall–Kier alpha value is -4.12. The topological polar surface area (TPSA) is 191 Å². The first-order valence-electron chi connectivity index (χ1n) is 11.9. The number of nitrogens with two attached hydrogens (primary N) is 1. The second kappa shape index (κ2) is 13.8. The van der Waals surface area contributed by atoms with Crippen LogP contribution in [0.5, 0.6) is 11.5 Å². The summed E-state index contributed by atoms with van der Waals surface area (Å²) in [5.41, 5.74) is 7.41. The molecule has 0 aliphatic heterocycles. The summed E-state index contributed by atoms with van der Waals surface area (Å²) in [6.45, 7) is 2.99. The van der Waals surface area contributed by atoms with Gasteiger partial charge >= 0.3 is 5.97 Å². The predicted molar refractivity (Wildman–Crippen MR) is 136 cm³/mol. The molecule has 8 N–H and O–H groups in total. The van der Waals surface area contributed by atoms with E-state index >= 15 is 0 Å². The second-order valence-electron chi connectivity index (χ2n) is 8.89. The van der Waals surface area contributed by atoms with Crippen LogP contribution in [-0.2, 0) is 32.0 Å². The van der Waals surface area contributed by atoms with Crippen molar-refractivity contribution in [2.24, 2.45) is 11.7 Å². The van der Waals surface area contributed by atoms with E-state index in [0.717, 1.165) is 5.56 Å². The molecule has 200 valence electrons. The van der Waals surface area contributed by atoms with Crippen LogP contribution in [0.4, 0.5) is 0 Å². The number of benzene rings is 2. The Morgan fingerprint density at radius 1 is 0.811 bits per heavy atom. The summed E-state index contributed by atoms with van der Waals surface area (Å²) in [6.07, 6.45) is 0.750. The number of amides is 3. The van der Waals surface area contributed by atoms with Crippen LogP contribution in [0.25, 0.3) is 0 Å². The zero-order chi connectivity index (χ0) is 27.5. The SMILES string of the molecule is CCC(C)C(NC(=O)C(N)Cc1ccc(O)cc1)C(=O)NC(Cc1ccc(O)cc1)C(=O)NCC(=O)O. The van der Waals surface area contributed by atoms with Crippen LogP contribution in [0.15, 0.2) is 48.5 Å². The van der Waals surface area contributed by atoms with Gasteiger partial charge in [-0.2, -0.15) is 0 Å². The smallest absolute Gasteiger partial charge is 0.322 e. The van der Waals surface area contributed by atoms with Crippen LogP contribution in [0, 0.1) is 5.92 Å². The number of hydrogen-bond donors (Lipinski definition) is 7. The summed E-state index contributed by atoms with van der Waals surface area (Å²) in [4.78, 5) is 49.7. The molecule has 0 saturated carbocycles. The Kier molecular flexibility index (Phi) is 10.9. The highest BCUT2D eigenvalue weighted by Crippen LogP contribution is 2.14. The summed E-state index contributed by atoms with van der Waals surface area (Å²) in [5.74, 6) is -3.31. The molecular weight excluding hydrogens is 480 g/mol. The fourth-order valence-corrected chi connectivity index (χ4v) is 3.57. The molecule has 4 atom stereocenters. The minimum absolute atomic E-state index is 0.0268. The fourth-order valence-electron chi connectivity index (χ4n) is 3.57. The van der Waals surface area contributed by atoms with E-state index in [-0.39, 0.29) is 30.3 Å². The van der Waals surface area contributed by atoms with Crippen molar-refractivity contribution in [2.75, 3.05) is 6.54 Å². The van der Waals surface area contributed by atoms with Crippen molar-refractivity contribution in [3.05, 3.63) is 59.7 Å². The molecule has 0 heterocycles. The number of phenolic OH excluding ortho intramolecular Hbond substituents is 2. The minimum Gasteiger partial charge on any atom is -0.508 e. The number of rotatable bonds is 13. The predicted octanol–water partition coefficient (Wildman–Crippen LogP) is 0.427. The van der Waals surface area contributed by atoms with E-state index in [4.69, 9.17) is 10.8 Å². The van der Waals surface area contributed by atoms with Crippen molar-refractivity contribution >= 4 is 23.7 Å². The third-order valence-electron chi connectivity index (χ3n) is 5.94. The molecular formula is C26H34N4O7. The van der Waals surface area contributed by atoms with Gasteiger partial charge in [0, 0.05) is 6.42 Å². The lowest BCUT2D eigenvalue weighted by molar-refractivity contribution is -0.138. The van der Waals surface area contributed by atoms with E-state index in [1.807, 2.05) is 6.92 Å². The normalized spacial score (nSPS) is 14.0. The highest BCUT2D eigenvalue weighted by molar-refractivity contribution is 5.94. The van der Waals surface area contributed by atoms with Gasteiger partial charge < -0.3 is 37.0 Å². The van der Waals surface area contributed by atoms with Crippen molar-refractivity contribution in [1.29, 1.82) is 0 Å². The quantitative estimate of drug-likeness (QED) is 0.200. The molecule has 11 nitrogen and oxygen atoms in total. The van der Waals surface area contributed by atoms with Crippen LogP contribution in [-0.4, -0.2) is 63.7 Å². The van der Waals surface area contributed by atoms with Crippen LogP contribution in [0.1, 0.15) is 31.4 Å². The molecule has 0 bridgehead atoms. The molecule has 0 aliphatic rings. The molecule has 0 aromatic heterocycles. The van der Waals surface area contributed by atoms with E-state index in [1.54, 1.807) is 31.2 Å². The van der Waals surface area contributed by atoms with Gasteiger partial charge in [0.15, 0.2) is 0 Å². The highest BCUT2D eigenvalue weighted by atomic mass is 16.4. The van der Waals surface area contributed by atoms with Gasteiger partial charge in [-0.25, -0.2) is 0 Å². The third kappa shape index (κ3) is 9.45. The number of aliphatic carboxylic acids is 1. The van der Waals surface area contributed by atoms with Gasteiger partial charge in [0.25, 0.3) is 0 Å². The molecule has 37 heavy (non-hydrogen) atoms. The minimum atomic E-state index is -1.24. The van der Waals surface area contributed by atoms with Crippen LogP contribution in [0.2, 0.25) is 0 Å². The lowest BCUT2D eigenvalue weighted by Gasteiger charge is -2.27. The molecule has 0 spiro atoms. The van der Waals surface area contributed by atoms with Gasteiger partial charge in [-0.1, -0.05) is 44.5 Å². The van der Waals surface area contributed by atoms with Gasteiger partial charge in [-0.15, -0.1) is 0 Å². The lowest BCUT2D eigenvalue weighted by atomic mass is 9.96. The number of carboxylic acid groups (broad SMARTS) is 1. The monoisotopic (exact) mass is 514 g/mol. The molecule has 3 amide bonds. The first-order chi connectivity index (χ1) is 17.5. The fraction of sp³-hybridized carbons (Fsp3) is 0.385. The van der Waals surface area contributed by atoms with E-state index < -0.39 is 48.4 Å². The number of carbonyl (C=O) groups excluding carboxylic acids is 3. The Labute approximate surface area is 215 Å². The molecule has 11 heteroatoms. The molecule has 2 aromatic carbocycles. The van der Waals surface area contributed by atoms with Crippen molar-refractivity contribution < 1.29 is 34.5 Å². The second-order valence-corrected chi connectivity index (χ2v) is 8.89. The Morgan fingerprint density at radius 2 is 1.32 bits per heavy atom. The van der Waals surface area contributed by atoms with E-state index in [9.17, 15) is 29.4 Å². The molecule has 4 unspecified atom stereocenters. The first-order valence-corrected chi connectivity index (χ1v) is 11.9. The van der Waals surface area contributed by atoms with E-state index in [1.165, 1.54) is 24.3 Å². The van der Waals surface area contributed by atoms with Gasteiger partial charge in [-0.3, -0.25) is 19.2 Å². The summed E-state index contributed by atoms with van der Waals surface area (Å²) >= 11 is 0. The number of nitrogens with one attached hydrogen (secondary N) is 3. The first kappa shape index (κ1) is 29.1. The maximum Gasteiger partial charge on any atom is 0.322 e. The zero-order valence-electron chi connectivity index (χ0n) is 20.8. The summed E-state index contributed by atoms with van der Waals surface area (Å²) in [5, 5.41) is 35.4. The lowest BCUT2D eigenvalue weighted by Crippen LogP contribution is -2.58. The summed E-state index contributed by atoms with van der Waals surface area (Å²) in [7, 11) is 0. The van der Waals surface area contributed by atoms with E-state index in [0.29, 0.717) is 12.0 Å². The van der Waals surface area contributed by atoms with Crippen LogP contribution < -0.4 is 21.7 Å². The Balaban J connectivity index is 2.15. The number of aromatic hydroxyl groups is 2. The van der Waals surface area contributed by atoms with Crippen LogP contribution >= 0.6 is 0 Å². The van der Waals surface area contributed by atoms with Crippen molar-refractivity contribution in [1.82, 2.24) is 16.0 Å². The molecule has 0 fully saturated rings. The van der Waals surface area contributed by atoms with Crippen LogP contribution in [0.3, 0.4) is 0 Å². The van der Waals surface area contributed by atoms with Crippen molar-refractivity contribution in [3.8, 4) is 11.5 Å². The molecule has 0 aliphatic carbocycles. The van der Waals surface area contributed by atoms with Gasteiger partial charge in [0.05, 0.1) is 6.04 Å². The number of carbonyl (C=O) groups is 4. The average Bonchev–Trinajstić information content (AvgIpc) is 2.87. The van der Waals surface area contributed by atoms with Crippen molar-refractivity contribution in [3.63, 3.8) is 0 Å². The number of carboxylic acids is 1. The molecule has 0 saturated heterocycles. The Morgan fingerprint density at radius 3 is 1.81 bits per heavy atom. The summed E-state index contributed by atoms with van der Waals surface area (Å²) < 4.78 is 0. The highest BCUT2D eigenvalue weighted by Gasteiger charge is 2.31. The van der Waals surface area contributed by atoms with Gasteiger partial charge in [0.1, 0.15) is 30.1 Å². The zero-order valence-corrected chi connectivity index (χ0v) is 20.8. The van der Waals surface area contributed by atoms with Gasteiger partial charge in [0.2, 0.25) is 17.7 Å². The maximum absolute atomic E-state index is 13.3. The Bertz CT molecular complexity index is 1070. The average molecular weight is 515 g/mol. The molecule has 0 radical (unpaired) electrons. The standard InChI is InChI=1S/C26H34N4O7/c1-3-15(2)23(30-24(35)20(27)12-16-4-8-18(31)9-5-16)26(37)29-21(25(36)28-14-22(33)34)13-17-6-10-19(32)11-7-17/h4-11,15,20-21,23,31-32H,3,12-14,27H2,1-2H3,(H,28,36)(H,29,37)(H,30,35)(H,33,34). The number of phenols is 2. The molecule has 2 aromatic rings.